The molecule has 17 heavy (non-hydrogen) atoms. The number of aliphatic carboxylic acids is 1. The van der Waals surface area contributed by atoms with Crippen molar-refractivity contribution in [2.24, 2.45) is 0 Å². The van der Waals surface area contributed by atoms with Crippen LogP contribution in [0.1, 0.15) is 17.6 Å². The number of fused-ring (bicyclic) bond motifs is 1. The first-order valence-electron chi connectivity index (χ1n) is 4.96. The molecule has 0 saturated heterocycles. The van der Waals surface area contributed by atoms with Crippen molar-refractivity contribution in [3.63, 3.8) is 0 Å². The van der Waals surface area contributed by atoms with Gasteiger partial charge in [0.25, 0.3) is 0 Å². The molecular weight excluding hydrogens is 220 g/mol. The number of carboxylic acid groups (broad SMARTS) is 1. The first-order chi connectivity index (χ1) is 8.19. The average Bonchev–Trinajstić information content (AvgIpc) is 2.69. The molecule has 2 heterocycles. The summed E-state index contributed by atoms with van der Waals surface area (Å²) < 4.78 is 1.60. The summed E-state index contributed by atoms with van der Waals surface area (Å²) in [5.41, 5.74) is 0.827. The maximum atomic E-state index is 11.1. The Bertz CT molecular complexity index is 611. The van der Waals surface area contributed by atoms with E-state index in [0.29, 0.717) is 11.3 Å². The number of carboxylic acids is 1. The second-order valence-electron chi connectivity index (χ2n) is 3.45. The van der Waals surface area contributed by atoms with Crippen molar-refractivity contribution in [1.29, 1.82) is 5.26 Å². The van der Waals surface area contributed by atoms with Gasteiger partial charge in [0.05, 0.1) is 5.52 Å². The Morgan fingerprint density at radius 2 is 2.41 bits per heavy atom. The lowest BCUT2D eigenvalue weighted by Gasteiger charge is -2.09. The van der Waals surface area contributed by atoms with Crippen LogP contribution in [0.4, 0.5) is 0 Å². The number of likely N-dealkylation sites (N-methyl/N-ethyl adjacent to an activating group) is 1. The van der Waals surface area contributed by atoms with Crippen LogP contribution in [0.15, 0.2) is 24.4 Å². The monoisotopic (exact) mass is 230 g/mol. The van der Waals surface area contributed by atoms with Crippen LogP contribution in [0.2, 0.25) is 0 Å². The third kappa shape index (κ3) is 1.73. The van der Waals surface area contributed by atoms with E-state index in [9.17, 15) is 4.79 Å². The molecule has 6 heteroatoms. The van der Waals surface area contributed by atoms with Gasteiger partial charge >= 0.3 is 5.97 Å². The Hall–Kier alpha value is -2.39. The molecule has 1 atom stereocenters. The van der Waals surface area contributed by atoms with Crippen molar-refractivity contribution in [2.45, 2.75) is 6.04 Å². The maximum Gasteiger partial charge on any atom is 0.328 e. The molecule has 86 valence electrons. The SMILES string of the molecule is CNC(C(=O)O)c1nc(C#N)c2ccccn12. The van der Waals surface area contributed by atoms with Gasteiger partial charge in [-0.25, -0.2) is 4.98 Å². The second-order valence-corrected chi connectivity index (χ2v) is 3.45. The fourth-order valence-electron chi connectivity index (χ4n) is 1.71. The van der Waals surface area contributed by atoms with Crippen molar-refractivity contribution in [2.75, 3.05) is 7.05 Å². The van der Waals surface area contributed by atoms with Crippen LogP contribution in [0.3, 0.4) is 0 Å². The minimum absolute atomic E-state index is 0.224. The van der Waals surface area contributed by atoms with Gasteiger partial charge in [0, 0.05) is 6.20 Å². The van der Waals surface area contributed by atoms with Crippen LogP contribution in [0.5, 0.6) is 0 Å². The molecule has 0 fully saturated rings. The highest BCUT2D eigenvalue weighted by molar-refractivity contribution is 5.75. The number of nitrogens with one attached hydrogen (secondary N) is 1. The summed E-state index contributed by atoms with van der Waals surface area (Å²) in [4.78, 5) is 15.1. The van der Waals surface area contributed by atoms with Crippen LogP contribution in [-0.4, -0.2) is 27.5 Å². The lowest BCUT2D eigenvalue weighted by molar-refractivity contribution is -0.139. The minimum atomic E-state index is -1.03. The molecule has 0 spiro atoms. The predicted molar refractivity (Wildman–Crippen MR) is 59.3 cm³/mol. The number of nitriles is 1. The number of nitrogens with zero attached hydrogens (tertiary/aromatic N) is 3. The van der Waals surface area contributed by atoms with E-state index in [2.05, 4.69) is 10.3 Å². The van der Waals surface area contributed by atoms with E-state index in [1.807, 2.05) is 6.07 Å². The van der Waals surface area contributed by atoms with Gasteiger partial charge in [-0.05, 0) is 19.2 Å². The van der Waals surface area contributed by atoms with E-state index in [4.69, 9.17) is 10.4 Å². The number of hydrogen-bond donors (Lipinski definition) is 2. The fraction of sp³-hybridized carbons (Fsp3) is 0.182. The van der Waals surface area contributed by atoms with E-state index in [-0.39, 0.29) is 5.69 Å². The van der Waals surface area contributed by atoms with Crippen LogP contribution in [0.25, 0.3) is 5.52 Å². The first kappa shape index (κ1) is 11.1. The van der Waals surface area contributed by atoms with Gasteiger partial charge < -0.3 is 14.8 Å². The van der Waals surface area contributed by atoms with Crippen molar-refractivity contribution >= 4 is 11.5 Å². The summed E-state index contributed by atoms with van der Waals surface area (Å²) in [5, 5.41) is 20.7. The molecule has 0 saturated carbocycles. The van der Waals surface area contributed by atoms with Gasteiger partial charge in [-0.3, -0.25) is 4.79 Å². The van der Waals surface area contributed by atoms with Crippen LogP contribution in [-0.2, 0) is 4.79 Å². The molecule has 6 nitrogen and oxygen atoms in total. The van der Waals surface area contributed by atoms with E-state index in [1.54, 1.807) is 28.8 Å². The van der Waals surface area contributed by atoms with Crippen molar-refractivity contribution in [1.82, 2.24) is 14.7 Å². The van der Waals surface area contributed by atoms with Gasteiger partial charge in [-0.15, -0.1) is 0 Å². The fourth-order valence-corrected chi connectivity index (χ4v) is 1.71. The van der Waals surface area contributed by atoms with Gasteiger partial charge in [0.15, 0.2) is 11.7 Å². The number of hydrogen-bond acceptors (Lipinski definition) is 4. The van der Waals surface area contributed by atoms with Gasteiger partial charge in [0.2, 0.25) is 0 Å². The molecule has 2 rings (SSSR count). The largest absolute Gasteiger partial charge is 0.480 e. The molecule has 0 amide bonds. The van der Waals surface area contributed by atoms with Crippen LogP contribution < -0.4 is 5.32 Å². The Balaban J connectivity index is 2.70. The van der Waals surface area contributed by atoms with Gasteiger partial charge in [0.1, 0.15) is 11.9 Å². The lowest BCUT2D eigenvalue weighted by atomic mass is 10.3. The zero-order chi connectivity index (χ0) is 12.4. The number of aromatic nitrogens is 2. The summed E-state index contributed by atoms with van der Waals surface area (Å²) in [6, 6.07) is 6.28. The summed E-state index contributed by atoms with van der Waals surface area (Å²) >= 11 is 0. The highest BCUT2D eigenvalue weighted by Crippen LogP contribution is 2.17. The topological polar surface area (TPSA) is 90.4 Å². The van der Waals surface area contributed by atoms with E-state index >= 15 is 0 Å². The van der Waals surface area contributed by atoms with Crippen LogP contribution in [0, 0.1) is 11.3 Å². The molecule has 0 aliphatic carbocycles. The highest BCUT2D eigenvalue weighted by Gasteiger charge is 2.24. The molecule has 0 radical (unpaired) electrons. The smallest absolute Gasteiger partial charge is 0.328 e. The zero-order valence-electron chi connectivity index (χ0n) is 9.08. The predicted octanol–water partition coefficient (Wildman–Crippen LogP) is 0.551. The van der Waals surface area contributed by atoms with Crippen LogP contribution >= 0.6 is 0 Å². The quantitative estimate of drug-likeness (QED) is 0.803. The Morgan fingerprint density at radius 1 is 1.65 bits per heavy atom. The van der Waals surface area contributed by atoms with E-state index in [1.165, 1.54) is 7.05 Å². The molecule has 0 aromatic carbocycles. The Labute approximate surface area is 97.1 Å². The summed E-state index contributed by atoms with van der Waals surface area (Å²) in [7, 11) is 1.54. The molecule has 2 aromatic rings. The highest BCUT2D eigenvalue weighted by atomic mass is 16.4. The zero-order valence-corrected chi connectivity index (χ0v) is 9.08. The maximum absolute atomic E-state index is 11.1. The number of carbonyl (C=O) groups is 1. The number of imidazole rings is 1. The molecule has 0 aliphatic rings. The average molecular weight is 230 g/mol. The van der Waals surface area contributed by atoms with E-state index < -0.39 is 12.0 Å². The van der Waals surface area contributed by atoms with Gasteiger partial charge in [-0.2, -0.15) is 5.26 Å². The summed E-state index contributed by atoms with van der Waals surface area (Å²) in [6.45, 7) is 0. The molecule has 2 N–H and O–H groups in total. The Morgan fingerprint density at radius 3 is 3.00 bits per heavy atom. The molecule has 2 aromatic heterocycles. The minimum Gasteiger partial charge on any atom is -0.480 e. The Kier molecular flexibility index (Phi) is 2.77. The second kappa shape index (κ2) is 4.23. The number of rotatable bonds is 3. The molecule has 0 aliphatic heterocycles. The lowest BCUT2D eigenvalue weighted by Crippen LogP contribution is -2.27. The summed E-state index contributed by atoms with van der Waals surface area (Å²) in [5.74, 6) is -0.736. The van der Waals surface area contributed by atoms with Gasteiger partial charge in [-0.1, -0.05) is 6.07 Å². The molecular formula is C11H10N4O2. The first-order valence-corrected chi connectivity index (χ1v) is 4.96. The van der Waals surface area contributed by atoms with Crippen molar-refractivity contribution in [3.8, 4) is 6.07 Å². The normalized spacial score (nSPS) is 12.2. The summed E-state index contributed by atoms with van der Waals surface area (Å²) in [6.07, 6.45) is 1.69. The third-order valence-corrected chi connectivity index (χ3v) is 2.48. The van der Waals surface area contributed by atoms with E-state index in [0.717, 1.165) is 0 Å². The third-order valence-electron chi connectivity index (χ3n) is 2.48. The standard InChI is InChI=1S/C11H10N4O2/c1-13-9(11(16)17)10-14-7(6-12)8-4-2-3-5-15(8)10/h2-5,9,13H,1H3,(H,16,17). The molecule has 1 unspecified atom stereocenters. The number of pyridine rings is 1. The van der Waals surface area contributed by atoms with Crippen molar-refractivity contribution < 1.29 is 9.90 Å². The molecule has 0 bridgehead atoms. The van der Waals surface area contributed by atoms with Crippen molar-refractivity contribution in [3.05, 3.63) is 35.9 Å².